The molecule has 0 spiro atoms. The fraction of sp³-hybridized carbons (Fsp3) is 0.286. The van der Waals surface area contributed by atoms with Crippen LogP contribution < -0.4 is 9.62 Å². The highest BCUT2D eigenvalue weighted by atomic mass is 79.9. The molecule has 0 bridgehead atoms. The Kier molecular flexibility index (Phi) is 9.50. The minimum atomic E-state index is -4.08. The van der Waals surface area contributed by atoms with Crippen molar-refractivity contribution in [1.29, 1.82) is 0 Å². The first-order valence-electron chi connectivity index (χ1n) is 12.0. The molecule has 0 fully saturated rings. The second-order valence-electron chi connectivity index (χ2n) is 9.15. The molecule has 0 radical (unpaired) electrons. The Morgan fingerprint density at radius 2 is 1.49 bits per heavy atom. The van der Waals surface area contributed by atoms with Gasteiger partial charge in [-0.1, -0.05) is 64.0 Å². The van der Waals surface area contributed by atoms with E-state index < -0.39 is 28.5 Å². The number of sulfonamides is 1. The van der Waals surface area contributed by atoms with E-state index >= 15 is 0 Å². The Labute approximate surface area is 227 Å². The first-order valence-corrected chi connectivity index (χ1v) is 14.2. The topological polar surface area (TPSA) is 86.8 Å². The highest BCUT2D eigenvalue weighted by Gasteiger charge is 2.32. The Balaban J connectivity index is 2.01. The van der Waals surface area contributed by atoms with Crippen LogP contribution >= 0.6 is 15.9 Å². The number of benzene rings is 3. The number of carbonyl (C=O) groups excluding carboxylic acids is 2. The van der Waals surface area contributed by atoms with E-state index in [1.807, 2.05) is 51.1 Å². The predicted octanol–water partition coefficient (Wildman–Crippen LogP) is 4.89. The molecule has 0 aromatic heterocycles. The molecule has 0 aliphatic rings. The van der Waals surface area contributed by atoms with Gasteiger partial charge in [0, 0.05) is 17.1 Å². The smallest absolute Gasteiger partial charge is 0.264 e. The number of nitrogens with zero attached hydrogens (tertiary/aromatic N) is 2. The van der Waals surface area contributed by atoms with E-state index in [2.05, 4.69) is 21.2 Å². The number of anilines is 1. The fourth-order valence-corrected chi connectivity index (χ4v) is 5.42. The summed E-state index contributed by atoms with van der Waals surface area (Å²) < 4.78 is 29.4. The number of halogens is 1. The van der Waals surface area contributed by atoms with Gasteiger partial charge in [-0.3, -0.25) is 13.9 Å². The van der Waals surface area contributed by atoms with E-state index in [1.165, 1.54) is 17.0 Å². The summed E-state index contributed by atoms with van der Waals surface area (Å²) in [4.78, 5) is 28.2. The first kappa shape index (κ1) is 28.4. The second-order valence-corrected chi connectivity index (χ2v) is 11.9. The van der Waals surface area contributed by atoms with Crippen molar-refractivity contribution in [2.24, 2.45) is 0 Å². The molecule has 0 saturated heterocycles. The lowest BCUT2D eigenvalue weighted by molar-refractivity contribution is -0.139. The van der Waals surface area contributed by atoms with Gasteiger partial charge in [-0.2, -0.15) is 0 Å². The highest BCUT2D eigenvalue weighted by Crippen LogP contribution is 2.26. The zero-order valence-electron chi connectivity index (χ0n) is 21.4. The average molecular weight is 587 g/mol. The van der Waals surface area contributed by atoms with Crippen molar-refractivity contribution < 1.29 is 18.0 Å². The maximum Gasteiger partial charge on any atom is 0.264 e. The Morgan fingerprint density at radius 3 is 2.05 bits per heavy atom. The van der Waals surface area contributed by atoms with Gasteiger partial charge in [0.2, 0.25) is 11.8 Å². The van der Waals surface area contributed by atoms with E-state index in [1.54, 1.807) is 43.3 Å². The zero-order valence-corrected chi connectivity index (χ0v) is 23.8. The molecule has 196 valence electrons. The van der Waals surface area contributed by atoms with Crippen LogP contribution in [0.2, 0.25) is 0 Å². The van der Waals surface area contributed by atoms with Crippen LogP contribution in [0.15, 0.2) is 88.2 Å². The van der Waals surface area contributed by atoms with Crippen LogP contribution in [-0.2, 0) is 26.2 Å². The van der Waals surface area contributed by atoms with Crippen molar-refractivity contribution in [3.8, 4) is 0 Å². The van der Waals surface area contributed by atoms with Crippen molar-refractivity contribution in [2.75, 3.05) is 10.8 Å². The monoisotopic (exact) mass is 585 g/mol. The molecule has 0 aliphatic heterocycles. The van der Waals surface area contributed by atoms with Crippen molar-refractivity contribution in [3.63, 3.8) is 0 Å². The third kappa shape index (κ3) is 7.42. The molecule has 3 aromatic carbocycles. The molecule has 0 heterocycles. The van der Waals surface area contributed by atoms with Crippen LogP contribution in [0.3, 0.4) is 0 Å². The summed E-state index contributed by atoms with van der Waals surface area (Å²) in [5.74, 6) is -0.801. The van der Waals surface area contributed by atoms with Gasteiger partial charge in [-0.15, -0.1) is 0 Å². The van der Waals surface area contributed by atoms with E-state index in [4.69, 9.17) is 0 Å². The van der Waals surface area contributed by atoms with E-state index in [0.29, 0.717) is 5.69 Å². The van der Waals surface area contributed by atoms with Crippen LogP contribution in [0.5, 0.6) is 0 Å². The van der Waals surface area contributed by atoms with Gasteiger partial charge in [0.25, 0.3) is 10.0 Å². The minimum absolute atomic E-state index is 0.0778. The third-order valence-electron chi connectivity index (χ3n) is 5.80. The van der Waals surface area contributed by atoms with E-state index in [0.717, 1.165) is 19.9 Å². The van der Waals surface area contributed by atoms with Crippen molar-refractivity contribution in [3.05, 3.63) is 94.5 Å². The molecule has 37 heavy (non-hydrogen) atoms. The lowest BCUT2D eigenvalue weighted by Crippen LogP contribution is -2.52. The predicted molar refractivity (Wildman–Crippen MR) is 150 cm³/mol. The number of nitrogens with one attached hydrogen (secondary N) is 1. The number of hydrogen-bond acceptors (Lipinski definition) is 4. The second kappa shape index (κ2) is 12.4. The summed E-state index contributed by atoms with van der Waals surface area (Å²) in [5, 5.41) is 2.85. The summed E-state index contributed by atoms with van der Waals surface area (Å²) in [6, 6.07) is 21.6. The molecule has 0 saturated carbocycles. The molecule has 3 aromatic rings. The van der Waals surface area contributed by atoms with Gasteiger partial charge in [-0.25, -0.2) is 8.42 Å². The minimum Gasteiger partial charge on any atom is -0.352 e. The van der Waals surface area contributed by atoms with Gasteiger partial charge >= 0.3 is 0 Å². The summed E-state index contributed by atoms with van der Waals surface area (Å²) in [5.41, 5.74) is 2.09. The largest absolute Gasteiger partial charge is 0.352 e. The Bertz CT molecular complexity index is 1310. The lowest BCUT2D eigenvalue weighted by Gasteiger charge is -2.32. The number of amides is 2. The maximum absolute atomic E-state index is 13.8. The number of hydrogen-bond donors (Lipinski definition) is 1. The van der Waals surface area contributed by atoms with Crippen molar-refractivity contribution in [1.82, 2.24) is 10.2 Å². The van der Waals surface area contributed by atoms with Gasteiger partial charge in [-0.05, 0) is 69.7 Å². The van der Waals surface area contributed by atoms with Gasteiger partial charge in [0.15, 0.2) is 0 Å². The molecule has 9 heteroatoms. The average Bonchev–Trinajstić information content (AvgIpc) is 2.86. The summed E-state index contributed by atoms with van der Waals surface area (Å²) in [6.07, 6.45) is 0. The molecule has 1 unspecified atom stereocenters. The number of carbonyl (C=O) groups is 2. The standard InChI is InChI=1S/C28H32BrN3O4S/c1-20(2)30-28(34)22(4)31(18-23-8-6-5-7-9-23)27(33)19-32(25-14-12-24(29)13-15-25)37(35,36)26-16-10-21(3)11-17-26/h5-17,20,22H,18-19H2,1-4H3,(H,30,34). The SMILES string of the molecule is Cc1ccc(S(=O)(=O)N(CC(=O)N(Cc2ccccc2)C(C)C(=O)NC(C)C)c2ccc(Br)cc2)cc1. The van der Waals surface area contributed by atoms with E-state index in [9.17, 15) is 18.0 Å². The summed E-state index contributed by atoms with van der Waals surface area (Å²) in [7, 11) is -4.08. The Morgan fingerprint density at radius 1 is 0.892 bits per heavy atom. The molecular weight excluding hydrogens is 554 g/mol. The molecular formula is C28H32BrN3O4S. The Hall–Kier alpha value is -3.17. The molecule has 7 nitrogen and oxygen atoms in total. The molecule has 0 aliphatic carbocycles. The lowest BCUT2D eigenvalue weighted by atomic mass is 10.1. The van der Waals surface area contributed by atoms with Gasteiger partial charge in [0.1, 0.15) is 12.6 Å². The van der Waals surface area contributed by atoms with Crippen molar-refractivity contribution in [2.45, 2.75) is 51.2 Å². The molecule has 2 amide bonds. The van der Waals surface area contributed by atoms with Crippen LogP contribution in [0.25, 0.3) is 0 Å². The van der Waals surface area contributed by atoms with Crippen LogP contribution in [-0.4, -0.2) is 43.8 Å². The zero-order chi connectivity index (χ0) is 27.2. The van der Waals surface area contributed by atoms with Crippen LogP contribution in [0.1, 0.15) is 31.9 Å². The van der Waals surface area contributed by atoms with Gasteiger partial charge in [0.05, 0.1) is 10.6 Å². The first-order chi connectivity index (χ1) is 17.5. The fourth-order valence-electron chi connectivity index (χ4n) is 3.74. The van der Waals surface area contributed by atoms with E-state index in [-0.39, 0.29) is 23.4 Å². The van der Waals surface area contributed by atoms with Crippen LogP contribution in [0.4, 0.5) is 5.69 Å². The van der Waals surface area contributed by atoms with Crippen molar-refractivity contribution >= 4 is 43.5 Å². The number of rotatable bonds is 10. The molecule has 3 rings (SSSR count). The highest BCUT2D eigenvalue weighted by molar-refractivity contribution is 9.10. The summed E-state index contributed by atoms with van der Waals surface area (Å²) >= 11 is 3.38. The quantitative estimate of drug-likeness (QED) is 0.367. The normalized spacial score (nSPS) is 12.2. The van der Waals surface area contributed by atoms with Gasteiger partial charge < -0.3 is 10.2 Å². The third-order valence-corrected chi connectivity index (χ3v) is 8.11. The van der Waals surface area contributed by atoms with Crippen LogP contribution in [0, 0.1) is 6.92 Å². The molecule has 1 N–H and O–H groups in total. The maximum atomic E-state index is 13.8. The number of aryl methyl sites for hydroxylation is 1. The molecule has 1 atom stereocenters. The summed E-state index contributed by atoms with van der Waals surface area (Å²) in [6.45, 7) is 6.90.